The van der Waals surface area contributed by atoms with Gasteiger partial charge in [0.25, 0.3) is 0 Å². The highest BCUT2D eigenvalue weighted by Gasteiger charge is 2.48. The number of imidazole rings is 1. The maximum absolute atomic E-state index is 12.8. The second-order valence-corrected chi connectivity index (χ2v) is 8.86. The van der Waals surface area contributed by atoms with Crippen LogP contribution in [0.4, 0.5) is 0 Å². The van der Waals surface area contributed by atoms with E-state index in [1.54, 1.807) is 0 Å². The summed E-state index contributed by atoms with van der Waals surface area (Å²) < 4.78 is 3.04. The fourth-order valence-electron chi connectivity index (χ4n) is 5.06. The number of nitrogens with zero attached hydrogens (tertiary/aromatic N) is 2. The van der Waals surface area contributed by atoms with Gasteiger partial charge >= 0.3 is 5.97 Å². The number of para-hydroxylation sites is 2. The number of carboxylic acids is 1. The first-order valence-corrected chi connectivity index (χ1v) is 10.4. The van der Waals surface area contributed by atoms with Gasteiger partial charge in [-0.2, -0.15) is 0 Å². The predicted molar refractivity (Wildman–Crippen MR) is 109 cm³/mol. The van der Waals surface area contributed by atoms with E-state index in [0.717, 1.165) is 45.3 Å². The Morgan fingerprint density at radius 1 is 1.22 bits per heavy atom. The lowest BCUT2D eigenvalue weighted by Crippen LogP contribution is -2.44. The Morgan fingerprint density at radius 3 is 2.78 bits per heavy atom. The number of aliphatic carboxylic acids is 1. The summed E-state index contributed by atoms with van der Waals surface area (Å²) in [4.78, 5) is 17.6. The lowest BCUT2D eigenvalue weighted by molar-refractivity contribution is -0.145. The van der Waals surface area contributed by atoms with Crippen LogP contribution in [0.2, 0.25) is 0 Å². The maximum atomic E-state index is 12.8. The van der Waals surface area contributed by atoms with Crippen molar-refractivity contribution in [2.24, 2.45) is 5.92 Å². The third-order valence-corrected chi connectivity index (χ3v) is 6.84. The molecule has 2 aromatic carbocycles. The molecule has 1 N–H and O–H groups in total. The number of benzene rings is 2. The number of carboxylic acid groups (broad SMARTS) is 1. The third-order valence-electron chi connectivity index (χ3n) is 6.34. The van der Waals surface area contributed by atoms with Crippen molar-refractivity contribution in [1.29, 1.82) is 0 Å². The standard InChI is InChI=1S/C22H21BrN2O2/c23-15-9-10-16-17(11-15)22(21(26)27,12-14-5-1-2-6-14)13-25-19-8-4-3-7-18(19)24-20(16)25/h3-4,7-11,14H,1-2,5-6,12-13H2,(H,26,27). The summed E-state index contributed by atoms with van der Waals surface area (Å²) in [6, 6.07) is 14.0. The normalized spacial score (nSPS) is 22.0. The van der Waals surface area contributed by atoms with Crippen molar-refractivity contribution in [3.8, 4) is 11.4 Å². The molecule has 1 saturated carbocycles. The zero-order chi connectivity index (χ0) is 18.6. The molecule has 1 unspecified atom stereocenters. The zero-order valence-corrected chi connectivity index (χ0v) is 16.6. The SMILES string of the molecule is O=C(O)C1(CC2CCCC2)Cn2c(nc3ccccc32)-c2ccc(Br)cc21. The van der Waals surface area contributed by atoms with Crippen molar-refractivity contribution in [2.45, 2.75) is 44.1 Å². The van der Waals surface area contributed by atoms with Crippen molar-refractivity contribution >= 4 is 32.9 Å². The van der Waals surface area contributed by atoms with Crippen molar-refractivity contribution < 1.29 is 9.90 Å². The van der Waals surface area contributed by atoms with Gasteiger partial charge in [0.1, 0.15) is 11.2 Å². The van der Waals surface area contributed by atoms with Gasteiger partial charge in [0, 0.05) is 16.6 Å². The summed E-state index contributed by atoms with van der Waals surface area (Å²) in [6.45, 7) is 0.443. The Morgan fingerprint density at radius 2 is 2.00 bits per heavy atom. The van der Waals surface area contributed by atoms with Crippen LogP contribution in [0.3, 0.4) is 0 Å². The summed E-state index contributed by atoms with van der Waals surface area (Å²) in [5, 5.41) is 10.5. The van der Waals surface area contributed by atoms with Crippen LogP contribution < -0.4 is 0 Å². The molecule has 5 heteroatoms. The molecular formula is C22H21BrN2O2. The fraction of sp³-hybridized carbons (Fsp3) is 0.364. The van der Waals surface area contributed by atoms with Gasteiger partial charge < -0.3 is 9.67 Å². The van der Waals surface area contributed by atoms with Crippen molar-refractivity contribution in [2.75, 3.05) is 0 Å². The third kappa shape index (κ3) is 2.55. The summed E-state index contributed by atoms with van der Waals surface area (Å²) in [5.41, 5.74) is 2.87. The van der Waals surface area contributed by atoms with Crippen LogP contribution in [0.5, 0.6) is 0 Å². The molecule has 5 rings (SSSR count). The number of halogens is 1. The summed E-state index contributed by atoms with van der Waals surface area (Å²) in [5.74, 6) is 0.628. The minimum Gasteiger partial charge on any atom is -0.481 e. The van der Waals surface area contributed by atoms with Crippen molar-refractivity contribution in [3.05, 3.63) is 52.5 Å². The first-order chi connectivity index (χ1) is 13.1. The molecule has 1 aliphatic heterocycles. The second-order valence-electron chi connectivity index (χ2n) is 7.94. The summed E-state index contributed by atoms with van der Waals surface area (Å²) >= 11 is 3.56. The summed E-state index contributed by atoms with van der Waals surface area (Å²) in [7, 11) is 0. The van der Waals surface area contributed by atoms with Crippen molar-refractivity contribution in [3.63, 3.8) is 0 Å². The number of carbonyl (C=O) groups is 1. The van der Waals surface area contributed by atoms with E-state index in [1.165, 1.54) is 12.8 Å². The molecular weight excluding hydrogens is 404 g/mol. The van der Waals surface area contributed by atoms with Gasteiger partial charge in [0.15, 0.2) is 0 Å². The van der Waals surface area contributed by atoms with E-state index in [4.69, 9.17) is 4.98 Å². The number of hydrogen-bond donors (Lipinski definition) is 1. The molecule has 0 amide bonds. The highest BCUT2D eigenvalue weighted by molar-refractivity contribution is 9.10. The molecule has 0 spiro atoms. The molecule has 0 saturated heterocycles. The van der Waals surface area contributed by atoms with Crippen LogP contribution in [0.25, 0.3) is 22.4 Å². The molecule has 1 atom stereocenters. The van der Waals surface area contributed by atoms with Gasteiger partial charge in [0.2, 0.25) is 0 Å². The van der Waals surface area contributed by atoms with Gasteiger partial charge in [0.05, 0.1) is 11.0 Å². The van der Waals surface area contributed by atoms with E-state index < -0.39 is 11.4 Å². The molecule has 1 aromatic heterocycles. The minimum absolute atomic E-state index is 0.443. The van der Waals surface area contributed by atoms with Crippen LogP contribution in [0.15, 0.2) is 46.9 Å². The molecule has 0 radical (unpaired) electrons. The molecule has 1 fully saturated rings. The largest absolute Gasteiger partial charge is 0.481 e. The molecule has 27 heavy (non-hydrogen) atoms. The zero-order valence-electron chi connectivity index (χ0n) is 15.0. The minimum atomic E-state index is -0.912. The van der Waals surface area contributed by atoms with E-state index in [1.807, 2.05) is 42.5 Å². The van der Waals surface area contributed by atoms with Crippen LogP contribution in [-0.4, -0.2) is 20.6 Å². The van der Waals surface area contributed by atoms with Gasteiger partial charge in [-0.25, -0.2) is 4.98 Å². The fourth-order valence-corrected chi connectivity index (χ4v) is 5.42. The number of hydrogen-bond acceptors (Lipinski definition) is 2. The molecule has 3 aromatic rings. The molecule has 2 heterocycles. The number of rotatable bonds is 3. The Balaban J connectivity index is 1.77. The van der Waals surface area contributed by atoms with Crippen LogP contribution >= 0.6 is 15.9 Å². The number of aromatic nitrogens is 2. The average molecular weight is 425 g/mol. The quantitative estimate of drug-likeness (QED) is 0.613. The van der Waals surface area contributed by atoms with Gasteiger partial charge in [-0.15, -0.1) is 0 Å². The summed E-state index contributed by atoms with van der Waals surface area (Å²) in [6.07, 6.45) is 5.39. The molecule has 0 bridgehead atoms. The van der Waals surface area contributed by atoms with Crippen LogP contribution in [0.1, 0.15) is 37.7 Å². The van der Waals surface area contributed by atoms with E-state index >= 15 is 0 Å². The molecule has 138 valence electrons. The number of fused-ring (bicyclic) bond motifs is 5. The Hall–Kier alpha value is -2.14. The molecule has 2 aliphatic rings. The van der Waals surface area contributed by atoms with Gasteiger partial charge in [-0.1, -0.05) is 53.7 Å². The highest BCUT2D eigenvalue weighted by Crippen LogP contribution is 2.48. The van der Waals surface area contributed by atoms with Crippen LogP contribution in [0, 0.1) is 5.92 Å². The lowest BCUT2D eigenvalue weighted by Gasteiger charge is -2.38. The smallest absolute Gasteiger partial charge is 0.315 e. The first kappa shape index (κ1) is 17.0. The van der Waals surface area contributed by atoms with E-state index in [2.05, 4.69) is 20.5 Å². The van der Waals surface area contributed by atoms with E-state index in [-0.39, 0.29) is 0 Å². The predicted octanol–water partition coefficient (Wildman–Crippen LogP) is 5.38. The molecule has 1 aliphatic carbocycles. The molecule has 4 nitrogen and oxygen atoms in total. The Bertz CT molecular complexity index is 1050. The van der Waals surface area contributed by atoms with Crippen molar-refractivity contribution in [1.82, 2.24) is 9.55 Å². The van der Waals surface area contributed by atoms with E-state index in [0.29, 0.717) is 18.9 Å². The monoisotopic (exact) mass is 424 g/mol. The maximum Gasteiger partial charge on any atom is 0.315 e. The lowest BCUT2D eigenvalue weighted by atomic mass is 9.70. The second kappa shape index (κ2) is 6.20. The highest BCUT2D eigenvalue weighted by atomic mass is 79.9. The average Bonchev–Trinajstić information content (AvgIpc) is 3.29. The first-order valence-electron chi connectivity index (χ1n) is 9.57. The van der Waals surface area contributed by atoms with Gasteiger partial charge in [-0.05, 0) is 48.2 Å². The van der Waals surface area contributed by atoms with E-state index in [9.17, 15) is 9.90 Å². The Labute approximate surface area is 166 Å². The topological polar surface area (TPSA) is 55.1 Å². The Kier molecular flexibility index (Phi) is 3.90. The van der Waals surface area contributed by atoms with Gasteiger partial charge in [-0.3, -0.25) is 4.79 Å². The van der Waals surface area contributed by atoms with Crippen LogP contribution in [-0.2, 0) is 16.8 Å².